The Balaban J connectivity index is 1.91. The summed E-state index contributed by atoms with van der Waals surface area (Å²) < 4.78 is 12.1. The van der Waals surface area contributed by atoms with Crippen LogP contribution in [0.25, 0.3) is 0 Å². The van der Waals surface area contributed by atoms with Gasteiger partial charge in [0, 0.05) is 12.0 Å². The third-order valence-corrected chi connectivity index (χ3v) is 3.98. The van der Waals surface area contributed by atoms with Crippen LogP contribution < -0.4 is 15.2 Å². The van der Waals surface area contributed by atoms with Crippen LogP contribution in [0.5, 0.6) is 11.5 Å². The molecular weight excluding hydrogens is 274 g/mol. The summed E-state index contributed by atoms with van der Waals surface area (Å²) in [6.45, 7) is 6.71. The molecule has 0 fully saturated rings. The molecule has 3 nitrogen and oxygen atoms in total. The summed E-state index contributed by atoms with van der Waals surface area (Å²) in [5.41, 5.74) is 7.94. The molecular formula is C19H23NO2. The third-order valence-electron chi connectivity index (χ3n) is 3.98. The Kier molecular flexibility index (Phi) is 3.61. The van der Waals surface area contributed by atoms with E-state index in [0.29, 0.717) is 6.61 Å². The van der Waals surface area contributed by atoms with Gasteiger partial charge in [-0.1, -0.05) is 36.4 Å². The largest absolute Gasteiger partial charge is 0.488 e. The third kappa shape index (κ3) is 2.95. The number of rotatable bonds is 3. The van der Waals surface area contributed by atoms with Crippen LogP contribution in [0.2, 0.25) is 0 Å². The van der Waals surface area contributed by atoms with Crippen LogP contribution in [0.4, 0.5) is 0 Å². The van der Waals surface area contributed by atoms with Crippen molar-refractivity contribution in [2.24, 2.45) is 5.73 Å². The van der Waals surface area contributed by atoms with Crippen LogP contribution in [0.3, 0.4) is 0 Å². The summed E-state index contributed by atoms with van der Waals surface area (Å²) in [6.07, 6.45) is 0.749. The molecule has 2 aromatic carbocycles. The summed E-state index contributed by atoms with van der Waals surface area (Å²) in [7, 11) is 0. The average molecular weight is 297 g/mol. The van der Waals surface area contributed by atoms with Crippen LogP contribution in [0.15, 0.2) is 48.5 Å². The minimum Gasteiger partial charge on any atom is -0.488 e. The Bertz CT molecular complexity index is 662. The Morgan fingerprint density at radius 3 is 2.50 bits per heavy atom. The van der Waals surface area contributed by atoms with Gasteiger partial charge in [-0.05, 0) is 38.5 Å². The van der Waals surface area contributed by atoms with Crippen LogP contribution in [-0.4, -0.2) is 5.60 Å². The molecule has 0 spiro atoms. The first kappa shape index (κ1) is 14.9. The number of benzene rings is 2. The topological polar surface area (TPSA) is 44.5 Å². The molecule has 0 aliphatic carbocycles. The van der Waals surface area contributed by atoms with Crippen molar-refractivity contribution in [3.63, 3.8) is 0 Å². The van der Waals surface area contributed by atoms with Gasteiger partial charge in [-0.3, -0.25) is 0 Å². The summed E-state index contributed by atoms with van der Waals surface area (Å²) in [4.78, 5) is 0. The van der Waals surface area contributed by atoms with Gasteiger partial charge >= 0.3 is 0 Å². The molecule has 0 amide bonds. The molecule has 1 heterocycles. The molecule has 1 unspecified atom stereocenters. The number of ether oxygens (including phenoxy) is 2. The number of fused-ring (bicyclic) bond motifs is 1. The van der Waals surface area contributed by atoms with E-state index in [1.807, 2.05) is 43.3 Å². The lowest BCUT2D eigenvalue weighted by atomic mass is 9.79. The van der Waals surface area contributed by atoms with E-state index in [4.69, 9.17) is 15.2 Å². The molecule has 1 atom stereocenters. The summed E-state index contributed by atoms with van der Waals surface area (Å²) in [5.74, 6) is 1.63. The second-order valence-electron chi connectivity index (χ2n) is 6.86. The first-order valence-corrected chi connectivity index (χ1v) is 7.66. The van der Waals surface area contributed by atoms with Crippen molar-refractivity contribution < 1.29 is 9.47 Å². The van der Waals surface area contributed by atoms with Crippen LogP contribution in [-0.2, 0) is 12.1 Å². The highest BCUT2D eigenvalue weighted by atomic mass is 16.5. The van der Waals surface area contributed by atoms with Crippen molar-refractivity contribution in [1.29, 1.82) is 0 Å². The lowest BCUT2D eigenvalue weighted by Crippen LogP contribution is -2.47. The Morgan fingerprint density at radius 1 is 1.05 bits per heavy atom. The van der Waals surface area contributed by atoms with Crippen LogP contribution in [0, 0.1) is 0 Å². The van der Waals surface area contributed by atoms with Crippen LogP contribution >= 0.6 is 0 Å². The molecule has 1 aliphatic rings. The first-order chi connectivity index (χ1) is 10.4. The smallest absolute Gasteiger partial charge is 0.128 e. The molecule has 0 aromatic heterocycles. The van der Waals surface area contributed by atoms with E-state index in [1.165, 1.54) is 0 Å². The number of hydrogen-bond donors (Lipinski definition) is 1. The SMILES string of the molecule is CC1(C)CC(C)(N)c2c(OCc3ccccc3)cccc2O1. The van der Waals surface area contributed by atoms with Crippen molar-refractivity contribution in [1.82, 2.24) is 0 Å². The second-order valence-corrected chi connectivity index (χ2v) is 6.86. The van der Waals surface area contributed by atoms with Gasteiger partial charge in [-0.25, -0.2) is 0 Å². The van der Waals surface area contributed by atoms with E-state index in [9.17, 15) is 0 Å². The highest BCUT2D eigenvalue weighted by Gasteiger charge is 2.41. The zero-order valence-corrected chi connectivity index (χ0v) is 13.4. The van der Waals surface area contributed by atoms with Gasteiger partial charge < -0.3 is 15.2 Å². The molecule has 0 radical (unpaired) electrons. The van der Waals surface area contributed by atoms with Gasteiger partial charge in [0.15, 0.2) is 0 Å². The highest BCUT2D eigenvalue weighted by Crippen LogP contribution is 2.46. The van der Waals surface area contributed by atoms with Crippen LogP contribution in [0.1, 0.15) is 38.3 Å². The fraction of sp³-hybridized carbons (Fsp3) is 0.368. The quantitative estimate of drug-likeness (QED) is 0.931. The lowest BCUT2D eigenvalue weighted by molar-refractivity contribution is 0.0482. The minimum absolute atomic E-state index is 0.269. The Morgan fingerprint density at radius 2 is 1.77 bits per heavy atom. The molecule has 2 N–H and O–H groups in total. The predicted octanol–water partition coefficient (Wildman–Crippen LogP) is 4.00. The van der Waals surface area contributed by atoms with Crippen molar-refractivity contribution in [3.8, 4) is 11.5 Å². The van der Waals surface area contributed by atoms with Gasteiger partial charge in [0.1, 0.15) is 23.7 Å². The maximum atomic E-state index is 6.57. The zero-order valence-electron chi connectivity index (χ0n) is 13.4. The predicted molar refractivity (Wildman–Crippen MR) is 88.1 cm³/mol. The van der Waals surface area contributed by atoms with E-state index < -0.39 is 5.54 Å². The maximum absolute atomic E-state index is 6.57. The van der Waals surface area contributed by atoms with Crippen molar-refractivity contribution in [2.45, 2.75) is 44.9 Å². The van der Waals surface area contributed by atoms with Gasteiger partial charge in [0.2, 0.25) is 0 Å². The van der Waals surface area contributed by atoms with Gasteiger partial charge in [-0.15, -0.1) is 0 Å². The van der Waals surface area contributed by atoms with E-state index in [-0.39, 0.29) is 5.60 Å². The summed E-state index contributed by atoms with van der Waals surface area (Å²) in [6, 6.07) is 16.0. The molecule has 1 aliphatic heterocycles. The van der Waals surface area contributed by atoms with E-state index in [2.05, 4.69) is 26.0 Å². The highest BCUT2D eigenvalue weighted by molar-refractivity contribution is 5.51. The monoisotopic (exact) mass is 297 g/mol. The van der Waals surface area contributed by atoms with Gasteiger partial charge in [-0.2, -0.15) is 0 Å². The summed E-state index contributed by atoms with van der Waals surface area (Å²) in [5, 5.41) is 0. The standard InChI is InChI=1S/C19H23NO2/c1-18(2)13-19(3,20)17-15(10-7-11-16(17)22-18)21-12-14-8-5-4-6-9-14/h4-11H,12-13,20H2,1-3H3. The minimum atomic E-state index is -0.468. The molecule has 3 heteroatoms. The molecule has 2 aromatic rings. The molecule has 22 heavy (non-hydrogen) atoms. The second kappa shape index (κ2) is 5.33. The van der Waals surface area contributed by atoms with E-state index >= 15 is 0 Å². The van der Waals surface area contributed by atoms with Gasteiger partial charge in [0.05, 0.1) is 5.56 Å². The zero-order chi connectivity index (χ0) is 15.8. The maximum Gasteiger partial charge on any atom is 0.128 e. The van der Waals surface area contributed by atoms with Crippen molar-refractivity contribution >= 4 is 0 Å². The number of nitrogens with two attached hydrogens (primary N) is 1. The summed E-state index contributed by atoms with van der Waals surface area (Å²) >= 11 is 0. The first-order valence-electron chi connectivity index (χ1n) is 7.66. The Hall–Kier alpha value is -2.00. The molecule has 0 bridgehead atoms. The van der Waals surface area contributed by atoms with E-state index in [0.717, 1.165) is 29.0 Å². The molecule has 116 valence electrons. The fourth-order valence-electron chi connectivity index (χ4n) is 3.32. The van der Waals surface area contributed by atoms with Crippen molar-refractivity contribution in [3.05, 3.63) is 59.7 Å². The molecule has 3 rings (SSSR count). The fourth-order valence-corrected chi connectivity index (χ4v) is 3.32. The van der Waals surface area contributed by atoms with E-state index in [1.54, 1.807) is 0 Å². The lowest BCUT2D eigenvalue weighted by Gasteiger charge is -2.42. The van der Waals surface area contributed by atoms with Crippen molar-refractivity contribution in [2.75, 3.05) is 0 Å². The average Bonchev–Trinajstić information content (AvgIpc) is 2.43. The Labute approximate surface area is 132 Å². The normalized spacial score (nSPS) is 22.5. The molecule has 0 saturated carbocycles. The van der Waals surface area contributed by atoms with Gasteiger partial charge in [0.25, 0.3) is 0 Å². The number of hydrogen-bond acceptors (Lipinski definition) is 3. The molecule has 0 saturated heterocycles.